The lowest BCUT2D eigenvalue weighted by Crippen LogP contribution is -2.19. The van der Waals surface area contributed by atoms with Gasteiger partial charge in [0.15, 0.2) is 9.84 Å². The molecule has 2 nitrogen and oxygen atoms in total. The van der Waals surface area contributed by atoms with Crippen molar-refractivity contribution in [1.82, 2.24) is 0 Å². The zero-order chi connectivity index (χ0) is 7.94. The van der Waals surface area contributed by atoms with Crippen LogP contribution < -0.4 is 0 Å². The summed E-state index contributed by atoms with van der Waals surface area (Å²) < 4.78 is 22.2. The number of sulfone groups is 1. The first kappa shape index (κ1) is 9.00. The third-order valence-corrected chi connectivity index (χ3v) is 7.81. The van der Waals surface area contributed by atoms with Crippen LogP contribution in [0.15, 0.2) is 0 Å². The predicted molar refractivity (Wildman–Crippen MR) is 48.7 cm³/mol. The Morgan fingerprint density at radius 2 is 1.90 bits per heavy atom. The average Bonchev–Trinajstić information content (AvgIpc) is 1.95. The Labute approximate surface area is 77.6 Å². The molecule has 0 saturated carbocycles. The Morgan fingerprint density at radius 1 is 1.40 bits per heavy atom. The highest BCUT2D eigenvalue weighted by Gasteiger charge is 2.41. The Balaban J connectivity index is 2.93. The predicted octanol–water partition coefficient (Wildman–Crippen LogP) is 1.33. The van der Waals surface area contributed by atoms with E-state index in [4.69, 9.17) is 0 Å². The molecule has 0 radical (unpaired) electrons. The minimum Gasteiger partial charge on any atom is -0.228 e. The van der Waals surface area contributed by atoms with Crippen molar-refractivity contribution >= 4 is 41.7 Å². The molecule has 1 aliphatic rings. The molecular weight excluding hydrogens is 284 g/mol. The molecule has 0 spiro atoms. The van der Waals surface area contributed by atoms with Crippen LogP contribution in [0.1, 0.15) is 6.92 Å². The number of rotatable bonds is 0. The van der Waals surface area contributed by atoms with E-state index in [0.717, 1.165) is 0 Å². The van der Waals surface area contributed by atoms with Gasteiger partial charge in [-0.25, -0.2) is 8.42 Å². The fraction of sp³-hybridized carbons (Fsp3) is 1.00. The van der Waals surface area contributed by atoms with Crippen molar-refractivity contribution in [3.8, 4) is 0 Å². The monoisotopic (exact) mass is 290 g/mol. The van der Waals surface area contributed by atoms with Gasteiger partial charge in [0.25, 0.3) is 0 Å². The summed E-state index contributed by atoms with van der Waals surface area (Å²) in [6.07, 6.45) is 0. The molecule has 5 heteroatoms. The zero-order valence-electron chi connectivity index (χ0n) is 5.42. The van der Waals surface area contributed by atoms with Crippen LogP contribution in [-0.2, 0) is 9.84 Å². The Bertz CT molecular complexity index is 224. The third-order valence-electron chi connectivity index (χ3n) is 1.75. The number of hydrogen-bond acceptors (Lipinski definition) is 2. The molecule has 0 aromatic heterocycles. The van der Waals surface area contributed by atoms with E-state index in [0.29, 0.717) is 0 Å². The van der Waals surface area contributed by atoms with E-state index in [2.05, 4.69) is 31.9 Å². The fourth-order valence-electron chi connectivity index (χ4n) is 0.958. The Hall–Kier alpha value is 0.910. The van der Waals surface area contributed by atoms with E-state index in [9.17, 15) is 8.42 Å². The average molecular weight is 292 g/mol. The lowest BCUT2D eigenvalue weighted by Gasteiger charge is -2.06. The molecule has 1 heterocycles. The molecule has 0 unspecified atom stereocenters. The summed E-state index contributed by atoms with van der Waals surface area (Å²) in [7, 11) is -2.82. The first-order valence-corrected chi connectivity index (χ1v) is 6.49. The molecular formula is C5H8Br2O2S. The van der Waals surface area contributed by atoms with Crippen molar-refractivity contribution < 1.29 is 8.42 Å². The molecule has 60 valence electrons. The fourth-order valence-corrected chi connectivity index (χ4v) is 5.68. The van der Waals surface area contributed by atoms with E-state index < -0.39 is 9.84 Å². The second kappa shape index (κ2) is 2.75. The summed E-state index contributed by atoms with van der Waals surface area (Å²) in [6.45, 7) is 1.73. The van der Waals surface area contributed by atoms with Crippen LogP contribution in [0.3, 0.4) is 0 Å². The van der Waals surface area contributed by atoms with Gasteiger partial charge in [-0.3, -0.25) is 0 Å². The van der Waals surface area contributed by atoms with Crippen LogP contribution >= 0.6 is 31.9 Å². The van der Waals surface area contributed by atoms with E-state index in [1.54, 1.807) is 6.92 Å². The van der Waals surface area contributed by atoms with Gasteiger partial charge in [-0.2, -0.15) is 0 Å². The first-order valence-electron chi connectivity index (χ1n) is 2.95. The maximum atomic E-state index is 11.1. The topological polar surface area (TPSA) is 34.1 Å². The molecule has 1 rings (SSSR count). The van der Waals surface area contributed by atoms with Crippen LogP contribution in [0.5, 0.6) is 0 Å². The summed E-state index contributed by atoms with van der Waals surface area (Å²) in [5.41, 5.74) is 0. The van der Waals surface area contributed by atoms with Gasteiger partial charge < -0.3 is 0 Å². The molecule has 0 aliphatic carbocycles. The highest BCUT2D eigenvalue weighted by atomic mass is 79.9. The summed E-state index contributed by atoms with van der Waals surface area (Å²) >= 11 is 6.61. The highest BCUT2D eigenvalue weighted by Crippen LogP contribution is 2.31. The summed E-state index contributed by atoms with van der Waals surface area (Å²) in [6, 6.07) is 0. The summed E-state index contributed by atoms with van der Waals surface area (Å²) in [4.78, 5) is 0.144. The molecule has 0 bridgehead atoms. The second-order valence-corrected chi connectivity index (χ2v) is 7.13. The summed E-state index contributed by atoms with van der Waals surface area (Å²) in [5.74, 6) is 0.254. The van der Waals surface area contributed by atoms with Crippen molar-refractivity contribution in [2.24, 2.45) is 0 Å². The number of hydrogen-bond donors (Lipinski definition) is 0. The van der Waals surface area contributed by atoms with Gasteiger partial charge in [-0.1, -0.05) is 31.9 Å². The van der Waals surface area contributed by atoms with Gasteiger partial charge in [0.1, 0.15) is 0 Å². The van der Waals surface area contributed by atoms with Gasteiger partial charge in [-0.15, -0.1) is 0 Å². The molecule has 1 fully saturated rings. The molecule has 0 amide bonds. The highest BCUT2D eigenvalue weighted by molar-refractivity contribution is 9.12. The van der Waals surface area contributed by atoms with Crippen molar-refractivity contribution in [3.63, 3.8) is 0 Å². The second-order valence-electron chi connectivity index (χ2n) is 2.50. The molecule has 0 aromatic rings. The van der Waals surface area contributed by atoms with Crippen LogP contribution in [0.4, 0.5) is 0 Å². The van der Waals surface area contributed by atoms with Gasteiger partial charge in [0.05, 0.1) is 11.0 Å². The normalized spacial score (nSPS) is 45.7. The largest absolute Gasteiger partial charge is 0.228 e. The van der Waals surface area contributed by atoms with Gasteiger partial charge in [0.2, 0.25) is 0 Å². The first-order chi connectivity index (χ1) is 4.45. The standard InChI is InChI=1S/C5H8Br2O2S/c1-3-5(7)4(6)2-10(3,8)9/h3-5H,2H2,1H3/t3-,4+,5-/m0/s1. The maximum absolute atomic E-state index is 11.1. The van der Waals surface area contributed by atoms with E-state index >= 15 is 0 Å². The van der Waals surface area contributed by atoms with Gasteiger partial charge >= 0.3 is 0 Å². The Kier molecular flexibility index (Phi) is 2.48. The maximum Gasteiger partial charge on any atom is 0.155 e. The minimum atomic E-state index is -2.82. The van der Waals surface area contributed by atoms with Crippen molar-refractivity contribution in [1.29, 1.82) is 0 Å². The SMILES string of the molecule is C[C@H]1[C@H](Br)[C@H](Br)CS1(=O)=O. The summed E-state index contributed by atoms with van der Waals surface area (Å²) in [5, 5.41) is -0.253. The molecule has 0 N–H and O–H groups in total. The van der Waals surface area contributed by atoms with Crippen LogP contribution in [0.25, 0.3) is 0 Å². The quantitative estimate of drug-likeness (QED) is 0.631. The lowest BCUT2D eigenvalue weighted by atomic mass is 10.3. The Morgan fingerprint density at radius 3 is 2.00 bits per heavy atom. The number of alkyl halides is 2. The van der Waals surface area contributed by atoms with Crippen molar-refractivity contribution in [2.75, 3.05) is 5.75 Å². The van der Waals surface area contributed by atoms with Crippen LogP contribution in [0.2, 0.25) is 0 Å². The smallest absolute Gasteiger partial charge is 0.155 e. The van der Waals surface area contributed by atoms with Crippen molar-refractivity contribution in [3.05, 3.63) is 0 Å². The van der Waals surface area contributed by atoms with Crippen molar-refractivity contribution in [2.45, 2.75) is 21.8 Å². The van der Waals surface area contributed by atoms with Crippen LogP contribution in [0, 0.1) is 0 Å². The van der Waals surface area contributed by atoms with Gasteiger partial charge in [0, 0.05) is 9.65 Å². The molecule has 3 atom stereocenters. The van der Waals surface area contributed by atoms with Gasteiger partial charge in [-0.05, 0) is 6.92 Å². The number of halogens is 2. The molecule has 0 aromatic carbocycles. The molecule has 10 heavy (non-hydrogen) atoms. The van der Waals surface area contributed by atoms with E-state index in [-0.39, 0.29) is 20.7 Å². The third kappa shape index (κ3) is 1.41. The van der Waals surface area contributed by atoms with E-state index in [1.165, 1.54) is 0 Å². The molecule has 1 saturated heterocycles. The lowest BCUT2D eigenvalue weighted by molar-refractivity contribution is 0.594. The molecule has 1 aliphatic heterocycles. The zero-order valence-corrected chi connectivity index (χ0v) is 9.41. The van der Waals surface area contributed by atoms with Crippen LogP contribution in [-0.4, -0.2) is 29.1 Å². The van der Waals surface area contributed by atoms with E-state index in [1.807, 2.05) is 0 Å². The minimum absolute atomic E-state index is 0.0671.